The number of amides is 1. The van der Waals surface area contributed by atoms with E-state index in [4.69, 9.17) is 0 Å². The molecule has 1 heterocycles. The summed E-state index contributed by atoms with van der Waals surface area (Å²) in [4.78, 5) is 22.2. The van der Waals surface area contributed by atoms with Crippen molar-refractivity contribution < 1.29 is 26.9 Å². The summed E-state index contributed by atoms with van der Waals surface area (Å²) in [6.45, 7) is 6.56. The van der Waals surface area contributed by atoms with Gasteiger partial charge in [-0.3, -0.25) is 14.5 Å². The normalized spacial score (nSPS) is 20.4. The van der Waals surface area contributed by atoms with Crippen LogP contribution in [0.3, 0.4) is 0 Å². The number of likely N-dealkylation sites (N-methyl/N-ethyl adjacent to an activating group) is 1. The van der Waals surface area contributed by atoms with Crippen LogP contribution in [0.15, 0.2) is 0 Å². The van der Waals surface area contributed by atoms with Crippen LogP contribution in [-0.4, -0.2) is 63.9 Å². The van der Waals surface area contributed by atoms with Crippen LogP contribution >= 0.6 is 0 Å². The molecule has 20 heavy (non-hydrogen) atoms. The van der Waals surface area contributed by atoms with E-state index in [-0.39, 0.29) is 18.1 Å². The van der Waals surface area contributed by atoms with Gasteiger partial charge in [0.15, 0.2) is 6.23 Å². The van der Waals surface area contributed by atoms with E-state index >= 15 is 0 Å². The molecule has 118 valence electrons. The van der Waals surface area contributed by atoms with Crippen LogP contribution in [0, 0.1) is 0 Å². The lowest BCUT2D eigenvalue weighted by Crippen LogP contribution is -2.54. The number of nitrogens with zero attached hydrogens (tertiary/aromatic N) is 1. The number of carbonyl (C=O) groups excluding carboxylic acids is 2. The monoisotopic (exact) mass is 310 g/mol. The highest BCUT2D eigenvalue weighted by Crippen LogP contribution is 2.03. The van der Waals surface area contributed by atoms with Gasteiger partial charge in [-0.05, 0) is 27.8 Å². The van der Waals surface area contributed by atoms with Crippen LogP contribution in [0.1, 0.15) is 20.8 Å². The van der Waals surface area contributed by atoms with Gasteiger partial charge in [0.25, 0.3) is 16.6 Å². The summed E-state index contributed by atoms with van der Waals surface area (Å²) in [5.41, 5.74) is -0.318. The fourth-order valence-corrected chi connectivity index (χ4v) is 1.80. The second-order valence-electron chi connectivity index (χ2n) is 5.38. The Bertz CT molecular complexity index is 429. The predicted octanol–water partition coefficient (Wildman–Crippen LogP) is -0.692. The van der Waals surface area contributed by atoms with Gasteiger partial charge in [-0.25, -0.2) is 4.18 Å². The Balaban J connectivity index is 0.000000441. The van der Waals surface area contributed by atoms with E-state index in [0.717, 1.165) is 6.26 Å². The third-order valence-electron chi connectivity index (χ3n) is 1.91. The van der Waals surface area contributed by atoms with Gasteiger partial charge in [0.2, 0.25) is 5.91 Å². The van der Waals surface area contributed by atoms with E-state index in [9.17, 15) is 18.0 Å². The largest absolute Gasteiger partial charge is 0.462 e. The van der Waals surface area contributed by atoms with Crippen molar-refractivity contribution in [1.82, 2.24) is 10.2 Å². The molecular formula is C11H22N2O6S. The molecule has 8 nitrogen and oxygen atoms in total. The molecule has 0 aromatic rings. The lowest BCUT2D eigenvalue weighted by molar-refractivity contribution is -0.138. The van der Waals surface area contributed by atoms with Gasteiger partial charge in [0.1, 0.15) is 5.60 Å². The third kappa shape index (κ3) is 10.7. The summed E-state index contributed by atoms with van der Waals surface area (Å²) in [5.74, 6) is -0.234. The van der Waals surface area contributed by atoms with Gasteiger partial charge < -0.3 is 10.1 Å². The van der Waals surface area contributed by atoms with Crippen LogP contribution in [-0.2, 0) is 28.6 Å². The number of rotatable bonds is 3. The standard InChI is InChI=1S/C6H12N2O4S.C5H10O2/c1-8-3-5(9)7-6(4-8)12-13(2,10)11;1-5(2,3)7-4-6/h6H,3-4H2,1-2H3,(H,7,9);4H,1-3H3/t6-;/m1./s1. The zero-order valence-electron chi connectivity index (χ0n) is 12.4. The minimum Gasteiger partial charge on any atom is -0.462 e. The number of nitrogens with one attached hydrogen (secondary N) is 1. The van der Waals surface area contributed by atoms with Crippen molar-refractivity contribution in [3.63, 3.8) is 0 Å². The number of ether oxygens (including phenoxy) is 1. The highest BCUT2D eigenvalue weighted by atomic mass is 32.2. The zero-order chi connectivity index (χ0) is 16.0. The maximum atomic E-state index is 10.9. The van der Waals surface area contributed by atoms with Gasteiger partial charge in [-0.15, -0.1) is 0 Å². The molecule has 1 aliphatic rings. The van der Waals surface area contributed by atoms with E-state index in [2.05, 4.69) is 14.2 Å². The molecule has 1 amide bonds. The molecule has 1 N–H and O–H groups in total. The topological polar surface area (TPSA) is 102 Å². The van der Waals surface area contributed by atoms with Crippen LogP contribution in [0.5, 0.6) is 0 Å². The maximum Gasteiger partial charge on any atom is 0.293 e. The first kappa shape index (κ1) is 18.8. The van der Waals surface area contributed by atoms with Gasteiger partial charge in [-0.2, -0.15) is 8.42 Å². The first-order chi connectivity index (χ1) is 8.93. The average Bonchev–Trinajstić information content (AvgIpc) is 2.10. The molecule has 0 spiro atoms. The molecule has 0 aliphatic carbocycles. The van der Waals surface area contributed by atoms with E-state index < -0.39 is 16.3 Å². The van der Waals surface area contributed by atoms with E-state index in [1.165, 1.54) is 0 Å². The van der Waals surface area contributed by atoms with Gasteiger partial charge in [0.05, 0.1) is 12.8 Å². The Morgan fingerprint density at radius 2 is 1.95 bits per heavy atom. The number of hydrogen-bond acceptors (Lipinski definition) is 7. The Morgan fingerprint density at radius 3 is 2.25 bits per heavy atom. The van der Waals surface area contributed by atoms with Crippen LogP contribution < -0.4 is 5.32 Å². The minimum atomic E-state index is -3.51. The number of carbonyl (C=O) groups is 2. The summed E-state index contributed by atoms with van der Waals surface area (Å²) in [7, 11) is -1.79. The van der Waals surface area contributed by atoms with Crippen molar-refractivity contribution in [2.45, 2.75) is 32.6 Å². The van der Waals surface area contributed by atoms with Crippen molar-refractivity contribution in [3.05, 3.63) is 0 Å². The summed E-state index contributed by atoms with van der Waals surface area (Å²) in [6.07, 6.45) is 0.189. The molecule has 1 saturated heterocycles. The molecule has 9 heteroatoms. The van der Waals surface area contributed by atoms with Crippen LogP contribution in [0.25, 0.3) is 0 Å². The van der Waals surface area contributed by atoms with Crippen molar-refractivity contribution in [3.8, 4) is 0 Å². The summed E-state index contributed by atoms with van der Waals surface area (Å²) in [5, 5.41) is 2.42. The zero-order valence-corrected chi connectivity index (χ0v) is 13.2. The fraction of sp³-hybridized carbons (Fsp3) is 0.818. The van der Waals surface area contributed by atoms with E-state index in [1.54, 1.807) is 11.9 Å². The Labute approximate surface area is 119 Å². The Morgan fingerprint density at radius 1 is 1.40 bits per heavy atom. The van der Waals surface area contributed by atoms with Crippen molar-refractivity contribution in [2.75, 3.05) is 26.4 Å². The second-order valence-corrected chi connectivity index (χ2v) is 6.98. The second kappa shape index (κ2) is 7.55. The smallest absolute Gasteiger partial charge is 0.293 e. The molecule has 0 aromatic heterocycles. The summed E-state index contributed by atoms with van der Waals surface area (Å²) < 4.78 is 30.6. The summed E-state index contributed by atoms with van der Waals surface area (Å²) in [6, 6.07) is 0. The molecule has 0 radical (unpaired) electrons. The summed E-state index contributed by atoms with van der Waals surface area (Å²) >= 11 is 0. The Hall–Kier alpha value is -1.19. The molecular weight excluding hydrogens is 288 g/mol. The lowest BCUT2D eigenvalue weighted by Gasteiger charge is -2.28. The molecule has 1 fully saturated rings. The minimum absolute atomic E-state index is 0.234. The molecule has 0 bridgehead atoms. The number of piperazine rings is 1. The highest BCUT2D eigenvalue weighted by Gasteiger charge is 2.25. The van der Waals surface area contributed by atoms with Gasteiger partial charge in [-0.1, -0.05) is 0 Å². The first-order valence-corrected chi connectivity index (χ1v) is 7.72. The van der Waals surface area contributed by atoms with E-state index in [1.807, 2.05) is 20.8 Å². The van der Waals surface area contributed by atoms with Crippen molar-refractivity contribution in [1.29, 1.82) is 0 Å². The Kier molecular flexibility index (Phi) is 7.11. The van der Waals surface area contributed by atoms with Crippen LogP contribution in [0.2, 0.25) is 0 Å². The first-order valence-electron chi connectivity index (χ1n) is 5.90. The fourth-order valence-electron chi connectivity index (χ4n) is 1.27. The maximum absolute atomic E-state index is 10.9. The van der Waals surface area contributed by atoms with Crippen LogP contribution in [0.4, 0.5) is 0 Å². The quantitative estimate of drug-likeness (QED) is 0.543. The van der Waals surface area contributed by atoms with Gasteiger partial charge in [0, 0.05) is 6.54 Å². The molecule has 1 aliphatic heterocycles. The van der Waals surface area contributed by atoms with E-state index in [0.29, 0.717) is 13.0 Å². The predicted molar refractivity (Wildman–Crippen MR) is 72.3 cm³/mol. The molecule has 1 rings (SSSR count). The SMILES string of the molecule is CC(C)(C)OC=O.CN1CC(=O)N[C@H](OS(C)(=O)=O)C1. The highest BCUT2D eigenvalue weighted by molar-refractivity contribution is 7.86. The van der Waals surface area contributed by atoms with Gasteiger partial charge >= 0.3 is 0 Å². The third-order valence-corrected chi connectivity index (χ3v) is 2.49. The average molecular weight is 310 g/mol. The molecule has 0 unspecified atom stereocenters. The number of hydrogen-bond donors (Lipinski definition) is 1. The van der Waals surface area contributed by atoms with Crippen molar-refractivity contribution in [2.24, 2.45) is 0 Å². The molecule has 0 aromatic carbocycles. The van der Waals surface area contributed by atoms with Crippen molar-refractivity contribution >= 4 is 22.5 Å². The molecule has 0 saturated carbocycles. The molecule has 1 atom stereocenters. The lowest BCUT2D eigenvalue weighted by atomic mass is 10.2.